The van der Waals surface area contributed by atoms with Crippen molar-refractivity contribution in [2.75, 3.05) is 13.2 Å². The van der Waals surface area contributed by atoms with E-state index in [1.54, 1.807) is 6.08 Å². The van der Waals surface area contributed by atoms with E-state index in [0.717, 1.165) is 35.6 Å². The van der Waals surface area contributed by atoms with Crippen LogP contribution in [-0.2, 0) is 4.79 Å². The number of benzene rings is 2. The monoisotopic (exact) mass is 336 g/mol. The molecule has 2 aromatic carbocycles. The van der Waals surface area contributed by atoms with Crippen LogP contribution >= 0.6 is 0 Å². The molecule has 1 amide bonds. The molecule has 4 heteroatoms. The molecule has 2 aromatic rings. The number of carbonyl (C=O) groups is 1. The molecule has 0 fully saturated rings. The molecule has 0 spiro atoms. The lowest BCUT2D eigenvalue weighted by Gasteiger charge is -2.12. The van der Waals surface area contributed by atoms with Gasteiger partial charge in [0.25, 0.3) is 5.91 Å². The lowest BCUT2D eigenvalue weighted by atomic mass is 10.0. The largest absolute Gasteiger partial charge is 0.493 e. The lowest BCUT2D eigenvalue weighted by molar-refractivity contribution is -0.117. The molecule has 1 N–H and O–H groups in total. The Morgan fingerprint density at radius 2 is 2.00 bits per heavy atom. The Labute approximate surface area is 149 Å². The van der Waals surface area contributed by atoms with Crippen LogP contribution < -0.4 is 10.1 Å². The van der Waals surface area contributed by atoms with Crippen LogP contribution in [0.5, 0.6) is 5.75 Å². The molecule has 2 rings (SSSR count). The standard InChI is InChI=1S/C21H24N2O2/c1-3-5-12-23-21(24)17(15-22)14-19-18-9-7-6-8-16(18)10-11-20(19)25-13-4-2/h6-11,14H,3-5,12-13H2,1-2H3,(H,23,24)/b17-14+. The van der Waals surface area contributed by atoms with Crippen LogP contribution in [0, 0.1) is 11.3 Å². The van der Waals surface area contributed by atoms with Crippen molar-refractivity contribution in [1.82, 2.24) is 5.32 Å². The highest BCUT2D eigenvalue weighted by Crippen LogP contribution is 2.30. The summed E-state index contributed by atoms with van der Waals surface area (Å²) in [5.41, 5.74) is 0.863. The Morgan fingerprint density at radius 3 is 2.72 bits per heavy atom. The molecule has 0 unspecified atom stereocenters. The molecule has 0 atom stereocenters. The summed E-state index contributed by atoms with van der Waals surface area (Å²) in [4.78, 5) is 12.3. The molecular formula is C21H24N2O2. The minimum absolute atomic E-state index is 0.0915. The highest BCUT2D eigenvalue weighted by Gasteiger charge is 2.13. The van der Waals surface area contributed by atoms with Gasteiger partial charge in [-0.2, -0.15) is 5.26 Å². The van der Waals surface area contributed by atoms with Crippen LogP contribution in [0.4, 0.5) is 0 Å². The molecule has 0 heterocycles. The average Bonchev–Trinajstić information content (AvgIpc) is 2.64. The van der Waals surface area contributed by atoms with Gasteiger partial charge in [-0.1, -0.05) is 50.6 Å². The molecule has 0 aromatic heterocycles. The van der Waals surface area contributed by atoms with Crippen LogP contribution in [0.1, 0.15) is 38.7 Å². The number of rotatable bonds is 8. The van der Waals surface area contributed by atoms with Gasteiger partial charge in [0.15, 0.2) is 0 Å². The summed E-state index contributed by atoms with van der Waals surface area (Å²) in [7, 11) is 0. The zero-order valence-corrected chi connectivity index (χ0v) is 14.8. The Morgan fingerprint density at radius 1 is 1.20 bits per heavy atom. The molecule has 0 saturated carbocycles. The van der Waals surface area contributed by atoms with Gasteiger partial charge >= 0.3 is 0 Å². The van der Waals surface area contributed by atoms with E-state index in [0.29, 0.717) is 18.9 Å². The number of hydrogen-bond acceptors (Lipinski definition) is 3. The van der Waals surface area contributed by atoms with Crippen molar-refractivity contribution in [2.45, 2.75) is 33.1 Å². The first kappa shape index (κ1) is 18.5. The maximum Gasteiger partial charge on any atom is 0.261 e. The van der Waals surface area contributed by atoms with E-state index >= 15 is 0 Å². The van der Waals surface area contributed by atoms with Gasteiger partial charge in [-0.05, 0) is 35.8 Å². The first-order chi connectivity index (χ1) is 12.2. The third-order valence-electron chi connectivity index (χ3n) is 3.86. The summed E-state index contributed by atoms with van der Waals surface area (Å²) in [5.74, 6) is 0.347. The van der Waals surface area contributed by atoms with Gasteiger partial charge < -0.3 is 10.1 Å². The molecule has 0 bridgehead atoms. The van der Waals surface area contributed by atoms with Gasteiger partial charge in [0.2, 0.25) is 0 Å². The molecule has 25 heavy (non-hydrogen) atoms. The van der Waals surface area contributed by atoms with Crippen LogP contribution in [-0.4, -0.2) is 19.1 Å². The van der Waals surface area contributed by atoms with Gasteiger partial charge in [0, 0.05) is 12.1 Å². The molecular weight excluding hydrogens is 312 g/mol. The van der Waals surface area contributed by atoms with Crippen molar-refractivity contribution >= 4 is 22.8 Å². The van der Waals surface area contributed by atoms with Crippen LogP contribution in [0.15, 0.2) is 42.0 Å². The zero-order valence-electron chi connectivity index (χ0n) is 14.8. The third-order valence-corrected chi connectivity index (χ3v) is 3.86. The van der Waals surface area contributed by atoms with Crippen LogP contribution in [0.3, 0.4) is 0 Å². The molecule has 130 valence electrons. The predicted octanol–water partition coefficient (Wildman–Crippen LogP) is 4.45. The Balaban J connectivity index is 2.45. The number of unbranched alkanes of at least 4 members (excludes halogenated alkanes) is 1. The van der Waals surface area contributed by atoms with Gasteiger partial charge in [0.05, 0.1) is 6.61 Å². The summed E-state index contributed by atoms with van der Waals surface area (Å²) in [6, 6.07) is 13.8. The SMILES string of the molecule is CCCCNC(=O)/C(C#N)=C/c1c(OCCC)ccc2ccccc12. The number of hydrogen-bond donors (Lipinski definition) is 1. The van der Waals surface area contributed by atoms with Crippen molar-refractivity contribution in [2.24, 2.45) is 0 Å². The smallest absolute Gasteiger partial charge is 0.261 e. The van der Waals surface area contributed by atoms with E-state index in [9.17, 15) is 10.1 Å². The summed E-state index contributed by atoms with van der Waals surface area (Å²) in [6.07, 6.45) is 4.40. The second-order valence-electron chi connectivity index (χ2n) is 5.83. The number of ether oxygens (including phenoxy) is 1. The summed E-state index contributed by atoms with van der Waals surface area (Å²) < 4.78 is 5.83. The summed E-state index contributed by atoms with van der Waals surface area (Å²) in [6.45, 7) is 5.26. The minimum atomic E-state index is -0.342. The number of nitrogens with one attached hydrogen (secondary N) is 1. The fourth-order valence-electron chi connectivity index (χ4n) is 2.53. The molecule has 0 aliphatic carbocycles. The second kappa shape index (κ2) is 9.48. The first-order valence-corrected chi connectivity index (χ1v) is 8.75. The fourth-order valence-corrected chi connectivity index (χ4v) is 2.53. The van der Waals surface area contributed by atoms with E-state index in [1.807, 2.05) is 49.4 Å². The number of carbonyl (C=O) groups excluding carboxylic acids is 1. The van der Waals surface area contributed by atoms with E-state index < -0.39 is 0 Å². The summed E-state index contributed by atoms with van der Waals surface area (Å²) >= 11 is 0. The normalized spacial score (nSPS) is 11.2. The average molecular weight is 336 g/mol. The molecule has 4 nitrogen and oxygen atoms in total. The van der Waals surface area contributed by atoms with Gasteiger partial charge in [-0.15, -0.1) is 0 Å². The molecule has 0 saturated heterocycles. The predicted molar refractivity (Wildman–Crippen MR) is 101 cm³/mol. The molecule has 0 radical (unpaired) electrons. The van der Waals surface area contributed by atoms with Crippen molar-refractivity contribution in [3.63, 3.8) is 0 Å². The van der Waals surface area contributed by atoms with Crippen LogP contribution in [0.2, 0.25) is 0 Å². The third kappa shape index (κ3) is 4.84. The lowest BCUT2D eigenvalue weighted by Crippen LogP contribution is -2.25. The Kier molecular flexibility index (Phi) is 7.03. The number of nitriles is 1. The first-order valence-electron chi connectivity index (χ1n) is 8.75. The highest BCUT2D eigenvalue weighted by atomic mass is 16.5. The van der Waals surface area contributed by atoms with Gasteiger partial charge in [-0.3, -0.25) is 4.79 Å². The Hall–Kier alpha value is -2.80. The van der Waals surface area contributed by atoms with Crippen molar-refractivity contribution in [3.05, 3.63) is 47.5 Å². The second-order valence-corrected chi connectivity index (χ2v) is 5.83. The maximum atomic E-state index is 12.3. The van der Waals surface area contributed by atoms with Crippen LogP contribution in [0.25, 0.3) is 16.8 Å². The van der Waals surface area contributed by atoms with Crippen molar-refractivity contribution < 1.29 is 9.53 Å². The molecule has 0 aliphatic rings. The van der Waals surface area contributed by atoms with Crippen molar-refractivity contribution in [1.29, 1.82) is 5.26 Å². The van der Waals surface area contributed by atoms with E-state index in [4.69, 9.17) is 4.74 Å². The zero-order chi connectivity index (χ0) is 18.1. The number of amides is 1. The highest BCUT2D eigenvalue weighted by molar-refractivity contribution is 6.04. The van der Waals surface area contributed by atoms with Crippen molar-refractivity contribution in [3.8, 4) is 11.8 Å². The van der Waals surface area contributed by atoms with Gasteiger partial charge in [0.1, 0.15) is 17.4 Å². The molecule has 0 aliphatic heterocycles. The van der Waals surface area contributed by atoms with E-state index in [1.165, 1.54) is 0 Å². The van der Waals surface area contributed by atoms with E-state index in [-0.39, 0.29) is 11.5 Å². The van der Waals surface area contributed by atoms with Gasteiger partial charge in [-0.25, -0.2) is 0 Å². The number of fused-ring (bicyclic) bond motifs is 1. The van der Waals surface area contributed by atoms with E-state index in [2.05, 4.69) is 12.2 Å². The Bertz CT molecular complexity index is 803. The maximum absolute atomic E-state index is 12.3. The fraction of sp³-hybridized carbons (Fsp3) is 0.333. The number of nitrogens with zero attached hydrogens (tertiary/aromatic N) is 1. The summed E-state index contributed by atoms with van der Waals surface area (Å²) in [5, 5.41) is 14.2. The minimum Gasteiger partial charge on any atom is -0.493 e. The quantitative estimate of drug-likeness (QED) is 0.440. The topological polar surface area (TPSA) is 62.1 Å².